The summed E-state index contributed by atoms with van der Waals surface area (Å²) >= 11 is 0. The van der Waals surface area contributed by atoms with E-state index in [0.29, 0.717) is 12.3 Å². The lowest BCUT2D eigenvalue weighted by molar-refractivity contribution is -0.276. The molecule has 0 fully saturated rings. The number of benzene rings is 1. The van der Waals surface area contributed by atoms with Crippen LogP contribution in [0.15, 0.2) is 30.3 Å². The SMILES string of the molecule is CCC(C)CCCOC(=O)[C@@](OC)(c1ccccc1)C(F)(F)F. The van der Waals surface area contributed by atoms with E-state index in [9.17, 15) is 18.0 Å². The van der Waals surface area contributed by atoms with E-state index in [4.69, 9.17) is 4.74 Å². The summed E-state index contributed by atoms with van der Waals surface area (Å²) < 4.78 is 50.3. The Bertz CT molecular complexity index is 488. The zero-order valence-corrected chi connectivity index (χ0v) is 13.7. The average Bonchev–Trinajstić information content (AvgIpc) is 2.52. The molecule has 130 valence electrons. The Morgan fingerprint density at radius 2 is 1.83 bits per heavy atom. The van der Waals surface area contributed by atoms with E-state index in [0.717, 1.165) is 20.0 Å². The summed E-state index contributed by atoms with van der Waals surface area (Å²) in [6, 6.07) is 6.82. The maximum Gasteiger partial charge on any atom is 0.432 e. The molecule has 0 aliphatic carbocycles. The second-order valence-corrected chi connectivity index (χ2v) is 5.54. The monoisotopic (exact) mass is 332 g/mol. The molecule has 6 heteroatoms. The van der Waals surface area contributed by atoms with Gasteiger partial charge in [-0.15, -0.1) is 0 Å². The Labute approximate surface area is 134 Å². The molecular formula is C17H23F3O3. The van der Waals surface area contributed by atoms with Crippen molar-refractivity contribution in [2.45, 2.75) is 44.9 Å². The molecule has 1 aromatic rings. The number of halogens is 3. The molecule has 0 N–H and O–H groups in total. The Balaban J connectivity index is 2.91. The van der Waals surface area contributed by atoms with Crippen molar-refractivity contribution in [1.82, 2.24) is 0 Å². The summed E-state index contributed by atoms with van der Waals surface area (Å²) in [6.45, 7) is 4.02. The number of alkyl halides is 3. The van der Waals surface area contributed by atoms with Crippen LogP contribution in [0.1, 0.15) is 38.7 Å². The van der Waals surface area contributed by atoms with Crippen LogP contribution in [-0.4, -0.2) is 25.9 Å². The van der Waals surface area contributed by atoms with Crippen LogP contribution in [-0.2, 0) is 19.9 Å². The molecule has 0 saturated carbocycles. The van der Waals surface area contributed by atoms with Crippen molar-refractivity contribution < 1.29 is 27.4 Å². The van der Waals surface area contributed by atoms with Crippen LogP contribution in [0.3, 0.4) is 0 Å². The normalized spacial score (nSPS) is 15.7. The zero-order chi connectivity index (χ0) is 17.5. The lowest BCUT2D eigenvalue weighted by atomic mass is 9.92. The van der Waals surface area contributed by atoms with Gasteiger partial charge in [0.2, 0.25) is 0 Å². The van der Waals surface area contributed by atoms with E-state index in [2.05, 4.69) is 4.74 Å². The van der Waals surface area contributed by atoms with Gasteiger partial charge in [0.15, 0.2) is 0 Å². The molecule has 0 heterocycles. The van der Waals surface area contributed by atoms with Crippen molar-refractivity contribution in [3.8, 4) is 0 Å². The van der Waals surface area contributed by atoms with Gasteiger partial charge < -0.3 is 9.47 Å². The molecule has 1 aromatic carbocycles. The minimum atomic E-state index is -4.92. The van der Waals surface area contributed by atoms with Crippen molar-refractivity contribution in [3.05, 3.63) is 35.9 Å². The fourth-order valence-corrected chi connectivity index (χ4v) is 2.29. The molecule has 0 spiro atoms. The second-order valence-electron chi connectivity index (χ2n) is 5.54. The van der Waals surface area contributed by atoms with Gasteiger partial charge in [0, 0.05) is 12.7 Å². The van der Waals surface area contributed by atoms with Gasteiger partial charge in [0.05, 0.1) is 6.61 Å². The third-order valence-electron chi connectivity index (χ3n) is 3.94. The van der Waals surface area contributed by atoms with Crippen LogP contribution in [0.5, 0.6) is 0 Å². The van der Waals surface area contributed by atoms with Gasteiger partial charge in [-0.2, -0.15) is 13.2 Å². The molecule has 0 aliphatic heterocycles. The topological polar surface area (TPSA) is 35.5 Å². The van der Waals surface area contributed by atoms with Gasteiger partial charge in [-0.05, 0) is 18.8 Å². The maximum absolute atomic E-state index is 13.6. The van der Waals surface area contributed by atoms with Gasteiger partial charge >= 0.3 is 12.1 Å². The first kappa shape index (κ1) is 19.5. The first-order valence-corrected chi connectivity index (χ1v) is 7.64. The van der Waals surface area contributed by atoms with Crippen LogP contribution in [0.4, 0.5) is 13.2 Å². The lowest BCUT2D eigenvalue weighted by Crippen LogP contribution is -2.51. The van der Waals surface area contributed by atoms with Crippen LogP contribution in [0.2, 0.25) is 0 Å². The molecule has 0 amide bonds. The van der Waals surface area contributed by atoms with Crippen molar-refractivity contribution in [1.29, 1.82) is 0 Å². The van der Waals surface area contributed by atoms with Crippen molar-refractivity contribution in [2.24, 2.45) is 5.92 Å². The molecule has 0 aliphatic rings. The minimum absolute atomic E-state index is 0.0583. The Hall–Kier alpha value is -1.56. The number of hydrogen-bond acceptors (Lipinski definition) is 3. The predicted octanol–water partition coefficient (Wildman–Crippen LogP) is 4.46. The first-order chi connectivity index (χ1) is 10.8. The summed E-state index contributed by atoms with van der Waals surface area (Å²) in [5.74, 6) is -0.986. The van der Waals surface area contributed by atoms with Gasteiger partial charge in [-0.3, -0.25) is 0 Å². The average molecular weight is 332 g/mol. The van der Waals surface area contributed by atoms with Crippen molar-refractivity contribution in [2.75, 3.05) is 13.7 Å². The number of carbonyl (C=O) groups excluding carboxylic acids is 1. The molecule has 0 radical (unpaired) electrons. The number of carbonyl (C=O) groups is 1. The molecule has 2 atom stereocenters. The summed E-state index contributed by atoms with van der Waals surface area (Å²) in [5, 5.41) is 0. The highest BCUT2D eigenvalue weighted by Crippen LogP contribution is 2.42. The molecular weight excluding hydrogens is 309 g/mol. The third kappa shape index (κ3) is 4.47. The fourth-order valence-electron chi connectivity index (χ4n) is 2.29. The highest BCUT2D eigenvalue weighted by Gasteiger charge is 2.64. The number of hydrogen-bond donors (Lipinski definition) is 0. The smallest absolute Gasteiger partial charge is 0.432 e. The van der Waals surface area contributed by atoms with E-state index < -0.39 is 17.7 Å². The molecule has 23 heavy (non-hydrogen) atoms. The minimum Gasteiger partial charge on any atom is -0.463 e. The van der Waals surface area contributed by atoms with E-state index >= 15 is 0 Å². The molecule has 0 aromatic heterocycles. The van der Waals surface area contributed by atoms with Gasteiger partial charge in [0.1, 0.15) is 0 Å². The largest absolute Gasteiger partial charge is 0.463 e. The fraction of sp³-hybridized carbons (Fsp3) is 0.588. The highest BCUT2D eigenvalue weighted by atomic mass is 19.4. The number of rotatable bonds is 8. The van der Waals surface area contributed by atoms with Crippen LogP contribution < -0.4 is 0 Å². The van der Waals surface area contributed by atoms with Gasteiger partial charge in [-0.1, -0.05) is 50.6 Å². The Morgan fingerprint density at radius 1 is 1.22 bits per heavy atom. The van der Waals surface area contributed by atoms with E-state index in [1.54, 1.807) is 6.07 Å². The highest BCUT2D eigenvalue weighted by molar-refractivity contribution is 5.82. The van der Waals surface area contributed by atoms with Gasteiger partial charge in [-0.25, -0.2) is 4.79 Å². The quantitative estimate of drug-likeness (QED) is 0.521. The number of esters is 1. The van der Waals surface area contributed by atoms with Crippen molar-refractivity contribution in [3.63, 3.8) is 0 Å². The Morgan fingerprint density at radius 3 is 2.30 bits per heavy atom. The van der Waals surface area contributed by atoms with E-state index in [1.165, 1.54) is 24.3 Å². The molecule has 0 bridgehead atoms. The van der Waals surface area contributed by atoms with Crippen molar-refractivity contribution >= 4 is 5.97 Å². The van der Waals surface area contributed by atoms with Crippen LogP contribution in [0, 0.1) is 5.92 Å². The maximum atomic E-state index is 13.6. The second kappa shape index (κ2) is 8.34. The van der Waals surface area contributed by atoms with Crippen LogP contribution >= 0.6 is 0 Å². The third-order valence-corrected chi connectivity index (χ3v) is 3.94. The first-order valence-electron chi connectivity index (χ1n) is 7.64. The summed E-state index contributed by atoms with van der Waals surface area (Å²) in [6.07, 6.45) is -2.63. The lowest BCUT2D eigenvalue weighted by Gasteiger charge is -2.32. The van der Waals surface area contributed by atoms with E-state index in [1.807, 2.05) is 13.8 Å². The predicted molar refractivity (Wildman–Crippen MR) is 80.8 cm³/mol. The summed E-state index contributed by atoms with van der Waals surface area (Å²) in [5.41, 5.74) is -3.38. The number of ether oxygens (including phenoxy) is 2. The molecule has 0 saturated heterocycles. The zero-order valence-electron chi connectivity index (χ0n) is 13.7. The van der Waals surface area contributed by atoms with Crippen LogP contribution in [0.25, 0.3) is 0 Å². The summed E-state index contributed by atoms with van der Waals surface area (Å²) in [7, 11) is 0.862. The molecule has 1 rings (SSSR count). The molecule has 3 nitrogen and oxygen atoms in total. The van der Waals surface area contributed by atoms with Gasteiger partial charge in [0.25, 0.3) is 5.60 Å². The Kier molecular flexibility index (Phi) is 7.06. The van der Waals surface area contributed by atoms with E-state index in [-0.39, 0.29) is 12.2 Å². The summed E-state index contributed by atoms with van der Waals surface area (Å²) in [4.78, 5) is 12.2. The molecule has 1 unspecified atom stereocenters. The standard InChI is InChI=1S/C17H23F3O3/c1-4-13(2)9-8-12-23-15(21)16(22-3,17(18,19)20)14-10-6-5-7-11-14/h5-7,10-11,13H,4,8-9,12H2,1-3H3/t13?,16-/m0/s1. The number of methoxy groups -OCH3 is 1.